The summed E-state index contributed by atoms with van der Waals surface area (Å²) in [6.07, 6.45) is 0.588. The van der Waals surface area contributed by atoms with E-state index in [9.17, 15) is 4.79 Å². The normalized spacial score (nSPS) is 10.4. The van der Waals surface area contributed by atoms with Gasteiger partial charge in [-0.2, -0.15) is 5.26 Å². The van der Waals surface area contributed by atoms with Gasteiger partial charge in [0.15, 0.2) is 17.3 Å². The van der Waals surface area contributed by atoms with Crippen LogP contribution in [-0.2, 0) is 11.2 Å². The van der Waals surface area contributed by atoms with Crippen molar-refractivity contribution >= 4 is 17.9 Å². The molecule has 131 valence electrons. The van der Waals surface area contributed by atoms with Crippen molar-refractivity contribution in [1.82, 2.24) is 5.16 Å². The topological polar surface area (TPSA) is 94.6 Å². The number of aldehydes is 1. The van der Waals surface area contributed by atoms with Crippen molar-refractivity contribution in [3.8, 4) is 23.3 Å². The third kappa shape index (κ3) is 3.26. The van der Waals surface area contributed by atoms with Gasteiger partial charge in [0.25, 0.3) is 0 Å². The zero-order valence-corrected chi connectivity index (χ0v) is 14.9. The lowest BCUT2D eigenvalue weighted by Crippen LogP contribution is -2.11. The van der Waals surface area contributed by atoms with Crippen LogP contribution in [0.5, 0.6) is 17.2 Å². The maximum atomic E-state index is 11.9. The highest BCUT2D eigenvalue weighted by Crippen LogP contribution is 2.46. The van der Waals surface area contributed by atoms with Gasteiger partial charge in [0, 0.05) is 5.56 Å². The van der Waals surface area contributed by atoms with Crippen LogP contribution in [0, 0.1) is 24.2 Å². The predicted octanol–water partition coefficient (Wildman–Crippen LogP) is 2.90. The summed E-state index contributed by atoms with van der Waals surface area (Å²) in [7, 11) is 4.33. The molecule has 0 bridgehead atoms. The Morgan fingerprint density at radius 3 is 2.44 bits per heavy atom. The molecular weight excluding hydrogens is 348 g/mol. The molecule has 0 aliphatic rings. The van der Waals surface area contributed by atoms with Crippen molar-refractivity contribution in [3.05, 3.63) is 39.6 Å². The molecule has 2 aromatic rings. The van der Waals surface area contributed by atoms with E-state index >= 15 is 0 Å². The highest BCUT2D eigenvalue weighted by molar-refractivity contribution is 6.32. The second-order valence-corrected chi connectivity index (χ2v) is 5.33. The molecule has 0 spiro atoms. The fourth-order valence-corrected chi connectivity index (χ4v) is 2.65. The third-order valence-electron chi connectivity index (χ3n) is 3.60. The first-order chi connectivity index (χ1) is 12.0. The van der Waals surface area contributed by atoms with Gasteiger partial charge in [-0.3, -0.25) is 0 Å². The molecule has 1 radical (unpaired) electrons. The molecular formula is C17H16ClN2O5. The fourth-order valence-electron chi connectivity index (χ4n) is 2.48. The van der Waals surface area contributed by atoms with Crippen molar-refractivity contribution in [1.29, 1.82) is 5.26 Å². The van der Waals surface area contributed by atoms with Crippen LogP contribution in [0.25, 0.3) is 0 Å². The maximum absolute atomic E-state index is 11.9. The van der Waals surface area contributed by atoms with E-state index in [4.69, 9.17) is 35.6 Å². The number of hydrogen-bond donors (Lipinski definition) is 0. The molecule has 0 saturated carbocycles. The van der Waals surface area contributed by atoms with Crippen LogP contribution in [-0.4, -0.2) is 32.8 Å². The molecule has 7 nitrogen and oxygen atoms in total. The van der Waals surface area contributed by atoms with Gasteiger partial charge in [-0.1, -0.05) is 16.8 Å². The van der Waals surface area contributed by atoms with Gasteiger partial charge in [-0.15, -0.1) is 0 Å². The Morgan fingerprint density at radius 2 is 2.00 bits per heavy atom. The Bertz CT molecular complexity index is 825. The first-order valence-corrected chi connectivity index (χ1v) is 7.55. The minimum Gasteiger partial charge on any atom is -0.493 e. The zero-order valence-electron chi connectivity index (χ0n) is 14.2. The molecule has 0 fully saturated rings. The van der Waals surface area contributed by atoms with Crippen molar-refractivity contribution in [2.45, 2.75) is 13.3 Å². The highest BCUT2D eigenvalue weighted by atomic mass is 35.5. The monoisotopic (exact) mass is 363 g/mol. The Kier molecular flexibility index (Phi) is 5.88. The van der Waals surface area contributed by atoms with Crippen LogP contribution in [0.1, 0.15) is 22.6 Å². The van der Waals surface area contributed by atoms with Crippen molar-refractivity contribution in [2.75, 3.05) is 21.3 Å². The highest BCUT2D eigenvalue weighted by Gasteiger charge is 2.32. The summed E-state index contributed by atoms with van der Waals surface area (Å²) in [6, 6.07) is 3.67. The van der Waals surface area contributed by atoms with Gasteiger partial charge in [-0.05, 0) is 18.6 Å². The molecule has 0 unspecified atom stereocenters. The van der Waals surface area contributed by atoms with E-state index in [-0.39, 0.29) is 34.6 Å². The van der Waals surface area contributed by atoms with Gasteiger partial charge in [0.05, 0.1) is 39.5 Å². The number of hydrogen-bond acceptors (Lipinski definition) is 7. The number of ether oxygens (including phenoxy) is 3. The van der Waals surface area contributed by atoms with E-state index in [1.165, 1.54) is 21.3 Å². The quantitative estimate of drug-likeness (QED) is 0.698. The van der Waals surface area contributed by atoms with E-state index in [2.05, 4.69) is 11.2 Å². The number of rotatable bonds is 7. The summed E-state index contributed by atoms with van der Waals surface area (Å²) < 4.78 is 21.3. The fraction of sp³-hybridized carbons (Fsp3) is 0.294. The van der Waals surface area contributed by atoms with E-state index in [0.29, 0.717) is 28.9 Å². The lowest BCUT2D eigenvalue weighted by Gasteiger charge is -2.20. The Labute approximate surface area is 150 Å². The lowest BCUT2D eigenvalue weighted by atomic mass is 9.90. The van der Waals surface area contributed by atoms with Crippen LogP contribution in [0.3, 0.4) is 0 Å². The molecule has 2 rings (SSSR count). The maximum Gasteiger partial charge on any atom is 0.203 e. The van der Waals surface area contributed by atoms with Crippen molar-refractivity contribution < 1.29 is 23.5 Å². The van der Waals surface area contributed by atoms with Crippen LogP contribution in [0.4, 0.5) is 0 Å². The average molecular weight is 364 g/mol. The van der Waals surface area contributed by atoms with Crippen LogP contribution in [0.15, 0.2) is 10.6 Å². The van der Waals surface area contributed by atoms with Crippen molar-refractivity contribution in [2.24, 2.45) is 0 Å². The van der Waals surface area contributed by atoms with E-state index in [0.717, 1.165) is 0 Å². The number of halogens is 1. The minimum atomic E-state index is 0.00806. The molecule has 0 aliphatic carbocycles. The molecule has 0 atom stereocenters. The second-order valence-electron chi connectivity index (χ2n) is 4.96. The molecule has 8 heteroatoms. The van der Waals surface area contributed by atoms with Gasteiger partial charge in [0.1, 0.15) is 17.2 Å². The van der Waals surface area contributed by atoms with E-state index in [1.54, 1.807) is 13.0 Å². The largest absolute Gasteiger partial charge is 0.493 e. The number of nitriles is 1. The van der Waals surface area contributed by atoms with Crippen LogP contribution < -0.4 is 14.2 Å². The number of benzene rings is 1. The number of nitrogens with zero attached hydrogens (tertiary/aromatic N) is 2. The summed E-state index contributed by atoms with van der Waals surface area (Å²) in [5, 5.41) is 13.1. The van der Waals surface area contributed by atoms with Gasteiger partial charge in [0.2, 0.25) is 5.75 Å². The summed E-state index contributed by atoms with van der Waals surface area (Å²) in [6.45, 7) is 1.65. The molecule has 0 saturated heterocycles. The SMILES string of the molecule is COc1cc(CC#N)c([C](C=O)c2onc(C)c2Cl)c(OC)c1OC. The lowest BCUT2D eigenvalue weighted by molar-refractivity contribution is -0.105. The third-order valence-corrected chi connectivity index (χ3v) is 4.05. The molecule has 1 aromatic carbocycles. The summed E-state index contributed by atoms with van der Waals surface area (Å²) in [5.74, 6) is 1.10. The van der Waals surface area contributed by atoms with Crippen LogP contribution in [0.2, 0.25) is 5.02 Å². The molecule has 25 heavy (non-hydrogen) atoms. The van der Waals surface area contributed by atoms with Gasteiger partial charge in [-0.25, -0.2) is 0 Å². The van der Waals surface area contributed by atoms with E-state index < -0.39 is 0 Å². The Hall–Kier alpha value is -2.72. The molecule has 1 heterocycles. The number of carbonyl (C=O) groups is 1. The van der Waals surface area contributed by atoms with Gasteiger partial charge < -0.3 is 23.5 Å². The first-order valence-electron chi connectivity index (χ1n) is 7.17. The Morgan fingerprint density at radius 1 is 1.32 bits per heavy atom. The standard InChI is InChI=1S/C17H16ClN2O5/c1-9-14(18)15(25-20-9)11(8-21)13-10(5-6-19)7-12(22-2)16(23-3)17(13)24-4/h7-8H,5H2,1-4H3. The molecule has 1 aromatic heterocycles. The smallest absolute Gasteiger partial charge is 0.203 e. The number of methoxy groups -OCH3 is 3. The predicted molar refractivity (Wildman–Crippen MR) is 89.2 cm³/mol. The number of carbonyl (C=O) groups excluding carboxylic acids is 1. The molecule has 0 N–H and O–H groups in total. The average Bonchev–Trinajstić information content (AvgIpc) is 2.95. The second kappa shape index (κ2) is 7.90. The van der Waals surface area contributed by atoms with Crippen LogP contribution >= 0.6 is 11.6 Å². The minimum absolute atomic E-state index is 0.00806. The van der Waals surface area contributed by atoms with Crippen molar-refractivity contribution in [3.63, 3.8) is 0 Å². The molecule has 0 amide bonds. The number of aromatic nitrogens is 1. The van der Waals surface area contributed by atoms with Gasteiger partial charge >= 0.3 is 0 Å². The first kappa shape index (κ1) is 18.6. The summed E-state index contributed by atoms with van der Waals surface area (Å²) in [4.78, 5) is 11.9. The Balaban J connectivity index is 2.82. The van der Waals surface area contributed by atoms with E-state index in [1.807, 2.05) is 0 Å². The molecule has 0 aliphatic heterocycles. The summed E-state index contributed by atoms with van der Waals surface area (Å²) >= 11 is 6.19. The number of aryl methyl sites for hydroxylation is 1. The zero-order chi connectivity index (χ0) is 18.6. The summed E-state index contributed by atoms with van der Waals surface area (Å²) in [5.41, 5.74) is 1.29.